The molecule has 0 radical (unpaired) electrons. The number of ether oxygens (including phenoxy) is 2. The van der Waals surface area contributed by atoms with Crippen LogP contribution >= 0.6 is 15.9 Å². The normalized spacial score (nSPS) is 10.9. The van der Waals surface area contributed by atoms with Gasteiger partial charge in [0.15, 0.2) is 0 Å². The van der Waals surface area contributed by atoms with Crippen LogP contribution in [0.25, 0.3) is 11.6 Å². The van der Waals surface area contributed by atoms with Gasteiger partial charge >= 0.3 is 0 Å². The SMILES string of the molecule is COc1ccc(/C(C#N)=C/c2ccc(OCc3ccc(Br)cc3)cc2)cc1. The molecule has 3 aromatic rings. The van der Waals surface area contributed by atoms with E-state index in [2.05, 4.69) is 22.0 Å². The Balaban J connectivity index is 1.68. The molecule has 0 fully saturated rings. The summed E-state index contributed by atoms with van der Waals surface area (Å²) in [7, 11) is 1.62. The first-order valence-corrected chi connectivity index (χ1v) is 9.21. The van der Waals surface area contributed by atoms with Gasteiger partial charge in [-0.2, -0.15) is 5.26 Å². The van der Waals surface area contributed by atoms with E-state index in [4.69, 9.17) is 9.47 Å². The van der Waals surface area contributed by atoms with Gasteiger partial charge in [-0.05, 0) is 71.3 Å². The van der Waals surface area contributed by atoms with Gasteiger partial charge < -0.3 is 9.47 Å². The summed E-state index contributed by atoms with van der Waals surface area (Å²) in [5.41, 5.74) is 3.50. The Labute approximate surface area is 167 Å². The van der Waals surface area contributed by atoms with E-state index in [0.29, 0.717) is 12.2 Å². The van der Waals surface area contributed by atoms with Crippen molar-refractivity contribution < 1.29 is 9.47 Å². The second-order valence-corrected chi connectivity index (χ2v) is 6.80. The van der Waals surface area contributed by atoms with Crippen molar-refractivity contribution in [3.63, 3.8) is 0 Å². The molecule has 0 aliphatic carbocycles. The summed E-state index contributed by atoms with van der Waals surface area (Å²) in [6.45, 7) is 0.512. The third kappa shape index (κ3) is 5.22. The summed E-state index contributed by atoms with van der Waals surface area (Å²) < 4.78 is 12.0. The molecule has 0 spiro atoms. The highest BCUT2D eigenvalue weighted by molar-refractivity contribution is 9.10. The molecule has 0 N–H and O–H groups in total. The number of benzene rings is 3. The van der Waals surface area contributed by atoms with Gasteiger partial charge in [0.05, 0.1) is 18.8 Å². The van der Waals surface area contributed by atoms with Gasteiger partial charge in [-0.3, -0.25) is 0 Å². The van der Waals surface area contributed by atoms with Crippen LogP contribution < -0.4 is 9.47 Å². The second kappa shape index (κ2) is 9.07. The molecule has 0 aliphatic rings. The van der Waals surface area contributed by atoms with Gasteiger partial charge in [0.1, 0.15) is 18.1 Å². The number of rotatable bonds is 6. The molecule has 3 rings (SSSR count). The standard InChI is InChI=1S/C23H18BrNO2/c1-26-22-12-6-19(7-13-22)20(15-25)14-17-4-10-23(11-5-17)27-16-18-2-8-21(24)9-3-18/h2-14H,16H2,1H3/b20-14+. The van der Waals surface area contributed by atoms with E-state index in [9.17, 15) is 5.26 Å². The molecular formula is C23H18BrNO2. The number of methoxy groups -OCH3 is 1. The summed E-state index contributed by atoms with van der Waals surface area (Å²) in [6.07, 6.45) is 1.86. The Morgan fingerprint density at radius 3 is 2.15 bits per heavy atom. The van der Waals surface area contributed by atoms with Crippen molar-refractivity contribution in [2.45, 2.75) is 6.61 Å². The summed E-state index contributed by atoms with van der Waals surface area (Å²) in [5, 5.41) is 9.47. The maximum absolute atomic E-state index is 9.47. The van der Waals surface area contributed by atoms with Crippen molar-refractivity contribution in [3.05, 3.63) is 94.0 Å². The van der Waals surface area contributed by atoms with Gasteiger partial charge in [0, 0.05) is 4.47 Å². The molecular weight excluding hydrogens is 402 g/mol. The maximum Gasteiger partial charge on any atom is 0.119 e. The number of nitrogens with zero attached hydrogens (tertiary/aromatic N) is 1. The molecule has 0 saturated heterocycles. The highest BCUT2D eigenvalue weighted by atomic mass is 79.9. The van der Waals surface area contributed by atoms with Crippen LogP contribution in [0.3, 0.4) is 0 Å². The lowest BCUT2D eigenvalue weighted by Gasteiger charge is -2.07. The molecule has 0 unspecified atom stereocenters. The van der Waals surface area contributed by atoms with Gasteiger partial charge in [-0.15, -0.1) is 0 Å². The molecule has 0 saturated carbocycles. The Morgan fingerprint density at radius 1 is 0.926 bits per heavy atom. The van der Waals surface area contributed by atoms with Crippen LogP contribution in [0.2, 0.25) is 0 Å². The molecule has 0 bridgehead atoms. The zero-order chi connectivity index (χ0) is 19.1. The smallest absolute Gasteiger partial charge is 0.119 e. The number of halogens is 1. The van der Waals surface area contributed by atoms with E-state index in [-0.39, 0.29) is 0 Å². The van der Waals surface area contributed by atoms with E-state index < -0.39 is 0 Å². The Hall–Kier alpha value is -3.03. The number of hydrogen-bond acceptors (Lipinski definition) is 3. The van der Waals surface area contributed by atoms with Crippen LogP contribution in [-0.4, -0.2) is 7.11 Å². The van der Waals surface area contributed by atoms with Gasteiger partial charge in [-0.1, -0.05) is 40.2 Å². The fourth-order valence-electron chi connectivity index (χ4n) is 2.52. The van der Waals surface area contributed by atoms with Gasteiger partial charge in [0.25, 0.3) is 0 Å². The van der Waals surface area contributed by atoms with Gasteiger partial charge in [0.2, 0.25) is 0 Å². The summed E-state index contributed by atoms with van der Waals surface area (Å²) in [4.78, 5) is 0. The minimum Gasteiger partial charge on any atom is -0.497 e. The third-order valence-electron chi connectivity index (χ3n) is 4.03. The summed E-state index contributed by atoms with van der Waals surface area (Å²) in [5.74, 6) is 1.56. The van der Waals surface area contributed by atoms with Crippen molar-refractivity contribution in [2.75, 3.05) is 7.11 Å². The van der Waals surface area contributed by atoms with E-state index in [1.807, 2.05) is 78.9 Å². The first-order chi connectivity index (χ1) is 13.2. The van der Waals surface area contributed by atoms with Crippen LogP contribution in [0.5, 0.6) is 11.5 Å². The van der Waals surface area contributed by atoms with Crippen LogP contribution in [0.15, 0.2) is 77.3 Å². The summed E-state index contributed by atoms with van der Waals surface area (Å²) in [6, 6.07) is 25.4. The molecule has 3 aromatic carbocycles. The minimum absolute atomic E-state index is 0.512. The van der Waals surface area contributed by atoms with E-state index in [1.54, 1.807) is 7.11 Å². The van der Waals surface area contributed by atoms with Crippen molar-refractivity contribution in [1.82, 2.24) is 0 Å². The third-order valence-corrected chi connectivity index (χ3v) is 4.56. The second-order valence-electron chi connectivity index (χ2n) is 5.88. The van der Waals surface area contributed by atoms with Crippen molar-refractivity contribution >= 4 is 27.6 Å². The maximum atomic E-state index is 9.47. The number of hydrogen-bond donors (Lipinski definition) is 0. The fourth-order valence-corrected chi connectivity index (χ4v) is 2.79. The van der Waals surface area contributed by atoms with Crippen LogP contribution in [0.1, 0.15) is 16.7 Å². The Morgan fingerprint density at radius 2 is 1.56 bits per heavy atom. The zero-order valence-electron chi connectivity index (χ0n) is 14.9. The van der Waals surface area contributed by atoms with Crippen molar-refractivity contribution in [1.29, 1.82) is 5.26 Å². The van der Waals surface area contributed by atoms with Crippen molar-refractivity contribution in [2.24, 2.45) is 0 Å². The number of nitriles is 1. The lowest BCUT2D eigenvalue weighted by molar-refractivity contribution is 0.306. The topological polar surface area (TPSA) is 42.2 Å². The number of allylic oxidation sites excluding steroid dienone is 1. The predicted molar refractivity (Wildman–Crippen MR) is 111 cm³/mol. The first-order valence-electron chi connectivity index (χ1n) is 8.41. The van der Waals surface area contributed by atoms with E-state index in [0.717, 1.165) is 32.7 Å². The molecule has 27 heavy (non-hydrogen) atoms. The molecule has 3 nitrogen and oxygen atoms in total. The Kier molecular flexibility index (Phi) is 6.30. The fraction of sp³-hybridized carbons (Fsp3) is 0.0870. The minimum atomic E-state index is 0.512. The molecule has 0 atom stereocenters. The van der Waals surface area contributed by atoms with Crippen LogP contribution in [-0.2, 0) is 6.61 Å². The van der Waals surface area contributed by atoms with Gasteiger partial charge in [-0.25, -0.2) is 0 Å². The van der Waals surface area contributed by atoms with E-state index in [1.165, 1.54) is 0 Å². The first kappa shape index (κ1) is 18.8. The molecule has 0 amide bonds. The highest BCUT2D eigenvalue weighted by Crippen LogP contribution is 2.22. The van der Waals surface area contributed by atoms with Crippen LogP contribution in [0, 0.1) is 11.3 Å². The van der Waals surface area contributed by atoms with Crippen LogP contribution in [0.4, 0.5) is 0 Å². The molecule has 0 aliphatic heterocycles. The lowest BCUT2D eigenvalue weighted by Crippen LogP contribution is -1.94. The predicted octanol–water partition coefficient (Wildman–Crippen LogP) is 6.10. The van der Waals surface area contributed by atoms with Crippen molar-refractivity contribution in [3.8, 4) is 17.6 Å². The highest BCUT2D eigenvalue weighted by Gasteiger charge is 2.03. The average molecular weight is 420 g/mol. The van der Waals surface area contributed by atoms with E-state index >= 15 is 0 Å². The zero-order valence-corrected chi connectivity index (χ0v) is 16.4. The molecule has 134 valence electrons. The molecule has 0 aromatic heterocycles. The average Bonchev–Trinajstić information content (AvgIpc) is 2.72. The summed E-state index contributed by atoms with van der Waals surface area (Å²) >= 11 is 3.42. The lowest BCUT2D eigenvalue weighted by atomic mass is 10.0. The monoisotopic (exact) mass is 419 g/mol. The largest absolute Gasteiger partial charge is 0.497 e. The molecule has 0 heterocycles. The Bertz CT molecular complexity index is 953. The molecule has 4 heteroatoms. The quantitative estimate of drug-likeness (QED) is 0.357.